The van der Waals surface area contributed by atoms with E-state index >= 15 is 0 Å². The van der Waals surface area contributed by atoms with Crippen molar-refractivity contribution in [1.82, 2.24) is 9.97 Å². The quantitative estimate of drug-likeness (QED) is 0.165. The molecule has 0 amide bonds. The van der Waals surface area contributed by atoms with Crippen molar-refractivity contribution in [2.45, 2.75) is 13.8 Å². The second kappa shape index (κ2) is 11.9. The van der Waals surface area contributed by atoms with Crippen molar-refractivity contribution in [3.8, 4) is 0 Å². The van der Waals surface area contributed by atoms with Gasteiger partial charge in [-0.05, 0) is 96.1 Å². The van der Waals surface area contributed by atoms with Crippen LogP contribution in [0.3, 0.4) is 0 Å². The molecule has 8 aromatic carbocycles. The molecule has 0 spiro atoms. The molecule has 10 aromatic rings. The fraction of sp³-hybridized carbons (Fsp3) is 0.0417. The predicted molar refractivity (Wildman–Crippen MR) is 220 cm³/mol. The fourth-order valence-corrected chi connectivity index (χ4v) is 7.90. The SMILES string of the molecule is Cc1ccc(N(c2ccc3ccc4c(N(c5ccc(C)cc5)c5cccc6cccnc56)ccc5ccc2c3c54)c2cccc3cccnc23)cc1. The largest absolute Gasteiger partial charge is 0.308 e. The summed E-state index contributed by atoms with van der Waals surface area (Å²) in [4.78, 5) is 14.5. The van der Waals surface area contributed by atoms with Gasteiger partial charge in [-0.2, -0.15) is 0 Å². The number of fused-ring (bicyclic) bond motifs is 2. The second-order valence-corrected chi connectivity index (χ2v) is 13.6. The van der Waals surface area contributed by atoms with Crippen molar-refractivity contribution in [2.24, 2.45) is 0 Å². The van der Waals surface area contributed by atoms with Gasteiger partial charge in [0.15, 0.2) is 0 Å². The summed E-state index contributed by atoms with van der Waals surface area (Å²) in [6, 6.07) is 57.0. The third kappa shape index (κ3) is 4.76. The van der Waals surface area contributed by atoms with E-state index in [1.807, 2.05) is 24.5 Å². The lowest BCUT2D eigenvalue weighted by Gasteiger charge is -2.30. The predicted octanol–water partition coefficient (Wildman–Crippen LogP) is 13.2. The number of aryl methyl sites for hydroxylation is 2. The minimum atomic E-state index is 0.969. The highest BCUT2D eigenvalue weighted by molar-refractivity contribution is 6.28. The number of benzene rings is 8. The summed E-state index contributed by atoms with van der Waals surface area (Å²) in [5.41, 5.74) is 10.9. The summed E-state index contributed by atoms with van der Waals surface area (Å²) in [6.07, 6.45) is 3.77. The minimum Gasteiger partial charge on any atom is -0.308 e. The lowest BCUT2D eigenvalue weighted by Crippen LogP contribution is -2.12. The summed E-state index contributed by atoms with van der Waals surface area (Å²) in [6.45, 7) is 4.27. The normalized spacial score (nSPS) is 11.7. The Morgan fingerprint density at radius 3 is 1.19 bits per heavy atom. The number of aromatic nitrogens is 2. The lowest BCUT2D eigenvalue weighted by molar-refractivity contribution is 1.28. The maximum Gasteiger partial charge on any atom is 0.0942 e. The molecular formula is C48H34N4. The average molecular weight is 667 g/mol. The molecule has 52 heavy (non-hydrogen) atoms. The van der Waals surface area contributed by atoms with Crippen molar-refractivity contribution in [3.05, 3.63) is 181 Å². The van der Waals surface area contributed by atoms with E-state index in [1.165, 1.54) is 43.4 Å². The van der Waals surface area contributed by atoms with E-state index in [9.17, 15) is 0 Å². The number of anilines is 6. The topological polar surface area (TPSA) is 32.3 Å². The molecule has 0 saturated carbocycles. The van der Waals surface area contributed by atoms with Gasteiger partial charge in [0.25, 0.3) is 0 Å². The molecule has 0 radical (unpaired) electrons. The molecule has 246 valence electrons. The van der Waals surface area contributed by atoms with Gasteiger partial charge in [-0.3, -0.25) is 9.97 Å². The van der Waals surface area contributed by atoms with Gasteiger partial charge >= 0.3 is 0 Å². The molecule has 2 heterocycles. The third-order valence-electron chi connectivity index (χ3n) is 10.4. The van der Waals surface area contributed by atoms with E-state index in [4.69, 9.17) is 9.97 Å². The highest BCUT2D eigenvalue weighted by Crippen LogP contribution is 2.48. The number of pyridine rings is 2. The molecule has 0 aliphatic rings. The molecule has 0 N–H and O–H groups in total. The molecule has 4 heteroatoms. The van der Waals surface area contributed by atoms with E-state index < -0.39 is 0 Å². The first-order chi connectivity index (χ1) is 25.6. The first kappa shape index (κ1) is 30.1. The molecule has 4 nitrogen and oxygen atoms in total. The third-order valence-corrected chi connectivity index (χ3v) is 10.4. The van der Waals surface area contributed by atoms with Crippen molar-refractivity contribution < 1.29 is 0 Å². The summed E-state index contributed by atoms with van der Waals surface area (Å²) in [5.74, 6) is 0. The molecule has 0 fully saturated rings. The number of hydrogen-bond acceptors (Lipinski definition) is 4. The minimum absolute atomic E-state index is 0.969. The van der Waals surface area contributed by atoms with E-state index in [1.54, 1.807) is 0 Å². The zero-order chi connectivity index (χ0) is 34.8. The average Bonchev–Trinajstić information content (AvgIpc) is 3.19. The van der Waals surface area contributed by atoms with Crippen molar-refractivity contribution in [2.75, 3.05) is 9.80 Å². The Bertz CT molecular complexity index is 2720. The summed E-state index contributed by atoms with van der Waals surface area (Å²) >= 11 is 0. The van der Waals surface area contributed by atoms with Gasteiger partial charge in [0.05, 0.1) is 33.8 Å². The van der Waals surface area contributed by atoms with Gasteiger partial charge in [-0.15, -0.1) is 0 Å². The van der Waals surface area contributed by atoms with Crippen LogP contribution < -0.4 is 9.80 Å². The van der Waals surface area contributed by atoms with Crippen LogP contribution in [0.4, 0.5) is 34.1 Å². The van der Waals surface area contributed by atoms with Crippen LogP contribution in [0.25, 0.3) is 54.1 Å². The van der Waals surface area contributed by atoms with Gasteiger partial charge in [0.2, 0.25) is 0 Å². The Kier molecular flexibility index (Phi) is 6.90. The Hall–Kier alpha value is -6.78. The summed E-state index contributed by atoms with van der Waals surface area (Å²) in [5, 5.41) is 9.52. The maximum absolute atomic E-state index is 4.90. The van der Waals surface area contributed by atoms with E-state index in [0.29, 0.717) is 0 Å². The smallest absolute Gasteiger partial charge is 0.0942 e. The molecule has 2 aromatic heterocycles. The van der Waals surface area contributed by atoms with Gasteiger partial charge in [-0.1, -0.05) is 108 Å². The van der Waals surface area contributed by atoms with Crippen molar-refractivity contribution in [3.63, 3.8) is 0 Å². The van der Waals surface area contributed by atoms with Gasteiger partial charge in [-0.25, -0.2) is 0 Å². The molecular weight excluding hydrogens is 633 g/mol. The molecule has 0 unspecified atom stereocenters. The van der Waals surface area contributed by atoms with Crippen LogP contribution in [0, 0.1) is 13.8 Å². The standard InChI is InChI=1S/C48H34N4/c1-31-13-21-37(22-14-31)51(43-11-3-7-35-9-5-29-49-47(35)43)41-27-19-33-18-26-40-42(28-20-34-17-25-39(41)45(33)46(34)40)52(38-23-15-32(2)16-24-38)44-12-4-8-36-10-6-30-50-48(36)44/h3-30H,1-2H3. The summed E-state index contributed by atoms with van der Waals surface area (Å²) in [7, 11) is 0. The van der Waals surface area contributed by atoms with Crippen LogP contribution in [0.15, 0.2) is 170 Å². The maximum atomic E-state index is 4.90. The Balaban J connectivity index is 1.26. The van der Waals surface area contributed by atoms with Crippen molar-refractivity contribution in [1.29, 1.82) is 0 Å². The fourth-order valence-electron chi connectivity index (χ4n) is 7.90. The highest BCUT2D eigenvalue weighted by Gasteiger charge is 2.23. The van der Waals surface area contributed by atoms with Gasteiger partial charge in [0.1, 0.15) is 0 Å². The lowest BCUT2D eigenvalue weighted by atomic mass is 9.91. The van der Waals surface area contributed by atoms with Crippen LogP contribution in [0.2, 0.25) is 0 Å². The first-order valence-electron chi connectivity index (χ1n) is 17.7. The van der Waals surface area contributed by atoms with Crippen molar-refractivity contribution >= 4 is 88.2 Å². The van der Waals surface area contributed by atoms with Gasteiger partial charge < -0.3 is 9.80 Å². The number of para-hydroxylation sites is 2. The number of hydrogen-bond donors (Lipinski definition) is 0. The van der Waals surface area contributed by atoms with E-state index in [-0.39, 0.29) is 0 Å². The Morgan fingerprint density at radius 1 is 0.346 bits per heavy atom. The molecule has 0 atom stereocenters. The van der Waals surface area contributed by atoms with Crippen LogP contribution in [0.5, 0.6) is 0 Å². The Labute approximate surface area is 302 Å². The molecule has 0 bridgehead atoms. The van der Waals surface area contributed by atoms with Gasteiger partial charge in [0, 0.05) is 45.3 Å². The number of rotatable bonds is 6. The van der Waals surface area contributed by atoms with E-state index in [2.05, 4.69) is 169 Å². The highest BCUT2D eigenvalue weighted by atomic mass is 15.2. The zero-order valence-corrected chi connectivity index (χ0v) is 29.0. The number of nitrogens with zero attached hydrogens (tertiary/aromatic N) is 4. The Morgan fingerprint density at radius 2 is 0.750 bits per heavy atom. The second-order valence-electron chi connectivity index (χ2n) is 13.6. The van der Waals surface area contributed by atoms with E-state index in [0.717, 1.165) is 55.9 Å². The molecule has 0 saturated heterocycles. The molecule has 10 rings (SSSR count). The molecule has 0 aliphatic heterocycles. The monoisotopic (exact) mass is 666 g/mol. The van der Waals surface area contributed by atoms with Crippen LogP contribution in [-0.2, 0) is 0 Å². The van der Waals surface area contributed by atoms with Crippen LogP contribution in [0.1, 0.15) is 11.1 Å². The van der Waals surface area contributed by atoms with Crippen LogP contribution in [-0.4, -0.2) is 9.97 Å². The molecule has 0 aliphatic carbocycles. The first-order valence-corrected chi connectivity index (χ1v) is 17.7. The van der Waals surface area contributed by atoms with Crippen LogP contribution >= 0.6 is 0 Å². The summed E-state index contributed by atoms with van der Waals surface area (Å²) < 4.78 is 0. The zero-order valence-electron chi connectivity index (χ0n) is 29.0.